The van der Waals surface area contributed by atoms with Gasteiger partial charge in [0.05, 0.1) is 0 Å². The molecule has 0 unspecified atom stereocenters. The highest BCUT2D eigenvalue weighted by Crippen LogP contribution is 2.35. The van der Waals surface area contributed by atoms with Crippen molar-refractivity contribution in [3.8, 4) is 22.9 Å². The van der Waals surface area contributed by atoms with Gasteiger partial charge in [-0.15, -0.1) is 0 Å². The Balaban J connectivity index is 1.47. The Morgan fingerprint density at radius 1 is 1.26 bits per heavy atom. The van der Waals surface area contributed by atoms with Crippen LogP contribution in [0, 0.1) is 0 Å². The highest BCUT2D eigenvalue weighted by Gasteiger charge is 2.18. The van der Waals surface area contributed by atoms with Gasteiger partial charge in [0.15, 0.2) is 17.1 Å². The van der Waals surface area contributed by atoms with Gasteiger partial charge in [0, 0.05) is 12.6 Å². The van der Waals surface area contributed by atoms with Crippen LogP contribution in [0.2, 0.25) is 0 Å². The van der Waals surface area contributed by atoms with Gasteiger partial charge in [-0.05, 0) is 34.1 Å². The average Bonchev–Trinajstić information content (AvgIpc) is 3.36. The van der Waals surface area contributed by atoms with Crippen molar-refractivity contribution in [3.05, 3.63) is 45.4 Å². The maximum absolute atomic E-state index is 12.7. The molecule has 10 nitrogen and oxygen atoms in total. The third-order valence-corrected chi connectivity index (χ3v) is 4.73. The van der Waals surface area contributed by atoms with Crippen molar-refractivity contribution in [2.45, 2.75) is 6.54 Å². The van der Waals surface area contributed by atoms with Gasteiger partial charge >= 0.3 is 0 Å². The maximum Gasteiger partial charge on any atom is 0.266 e. The number of hydrogen-bond donors (Lipinski definition) is 0. The van der Waals surface area contributed by atoms with E-state index in [1.165, 1.54) is 15.6 Å². The molecule has 1 aromatic carbocycles. The molecule has 4 heterocycles. The van der Waals surface area contributed by atoms with Gasteiger partial charge in [0.25, 0.3) is 5.56 Å². The first-order valence-electron chi connectivity index (χ1n) is 7.90. The predicted molar refractivity (Wildman–Crippen MR) is 95.4 cm³/mol. The lowest BCUT2D eigenvalue weighted by Gasteiger charge is -2.01. The van der Waals surface area contributed by atoms with Crippen LogP contribution < -0.4 is 15.0 Å². The van der Waals surface area contributed by atoms with E-state index in [-0.39, 0.29) is 24.8 Å². The Kier molecular flexibility index (Phi) is 3.50. The van der Waals surface area contributed by atoms with E-state index in [4.69, 9.17) is 14.0 Å². The van der Waals surface area contributed by atoms with Crippen molar-refractivity contribution in [3.63, 3.8) is 0 Å². The zero-order valence-electron chi connectivity index (χ0n) is 13.9. The topological polar surface area (TPSA) is 110 Å². The molecule has 0 aliphatic carbocycles. The van der Waals surface area contributed by atoms with Crippen LogP contribution in [0.25, 0.3) is 22.4 Å². The van der Waals surface area contributed by atoms with E-state index in [9.17, 15) is 4.79 Å². The minimum absolute atomic E-state index is 0.0979. The van der Waals surface area contributed by atoms with Crippen LogP contribution in [0.15, 0.2) is 38.4 Å². The predicted octanol–water partition coefficient (Wildman–Crippen LogP) is 1.72. The zero-order valence-corrected chi connectivity index (χ0v) is 15.5. The molecule has 0 bridgehead atoms. The number of halogens is 1. The summed E-state index contributed by atoms with van der Waals surface area (Å²) in [5.41, 5.74) is 0.975. The second kappa shape index (κ2) is 5.91. The molecule has 5 rings (SSSR count). The van der Waals surface area contributed by atoms with E-state index in [1.807, 2.05) is 6.07 Å². The number of aromatic nitrogens is 6. The fraction of sp³-hybridized carbons (Fsp3) is 0.188. The van der Waals surface area contributed by atoms with Crippen LogP contribution in [0.5, 0.6) is 11.5 Å². The molecule has 0 N–H and O–H groups in total. The smallest absolute Gasteiger partial charge is 0.266 e. The molecule has 0 fully saturated rings. The Hall–Kier alpha value is -3.21. The van der Waals surface area contributed by atoms with Crippen molar-refractivity contribution < 1.29 is 14.0 Å². The molecule has 3 aromatic heterocycles. The van der Waals surface area contributed by atoms with Gasteiger partial charge in [-0.25, -0.2) is 9.67 Å². The van der Waals surface area contributed by atoms with Crippen LogP contribution in [-0.2, 0) is 13.6 Å². The summed E-state index contributed by atoms with van der Waals surface area (Å²) < 4.78 is 19.3. The fourth-order valence-electron chi connectivity index (χ4n) is 2.87. The van der Waals surface area contributed by atoms with Crippen molar-refractivity contribution in [1.82, 2.24) is 29.5 Å². The quantitative estimate of drug-likeness (QED) is 0.482. The lowest BCUT2D eigenvalue weighted by molar-refractivity contribution is 0.174. The van der Waals surface area contributed by atoms with Gasteiger partial charge in [0.1, 0.15) is 22.9 Å². The Bertz CT molecular complexity index is 1240. The fourth-order valence-corrected chi connectivity index (χ4v) is 3.45. The molecule has 27 heavy (non-hydrogen) atoms. The number of ether oxygens (including phenoxy) is 2. The van der Waals surface area contributed by atoms with Gasteiger partial charge in [-0.2, -0.15) is 10.1 Å². The van der Waals surface area contributed by atoms with Crippen LogP contribution in [0.4, 0.5) is 0 Å². The molecule has 0 spiro atoms. The first-order valence-corrected chi connectivity index (χ1v) is 8.70. The van der Waals surface area contributed by atoms with E-state index < -0.39 is 0 Å². The molecule has 0 saturated heterocycles. The Morgan fingerprint density at radius 3 is 3.00 bits per heavy atom. The molecule has 11 heteroatoms. The Morgan fingerprint density at radius 2 is 2.11 bits per heavy atom. The highest BCUT2D eigenvalue weighted by molar-refractivity contribution is 9.10. The van der Waals surface area contributed by atoms with Crippen LogP contribution >= 0.6 is 15.9 Å². The molecule has 0 saturated carbocycles. The number of nitrogens with zero attached hydrogens (tertiary/aromatic N) is 6. The first-order chi connectivity index (χ1) is 13.1. The van der Waals surface area contributed by atoms with Crippen molar-refractivity contribution >= 4 is 27.0 Å². The summed E-state index contributed by atoms with van der Waals surface area (Å²) in [4.78, 5) is 21.3. The first kappa shape index (κ1) is 16.0. The van der Waals surface area contributed by atoms with E-state index in [2.05, 4.69) is 36.2 Å². The van der Waals surface area contributed by atoms with E-state index in [1.54, 1.807) is 19.2 Å². The van der Waals surface area contributed by atoms with Gasteiger partial charge < -0.3 is 14.0 Å². The number of aryl methyl sites for hydroxylation is 1. The van der Waals surface area contributed by atoms with Gasteiger partial charge in [-0.1, -0.05) is 5.16 Å². The molecule has 136 valence electrons. The van der Waals surface area contributed by atoms with Gasteiger partial charge in [0.2, 0.25) is 18.5 Å². The molecule has 0 amide bonds. The van der Waals surface area contributed by atoms with E-state index >= 15 is 0 Å². The normalized spacial score (nSPS) is 12.8. The van der Waals surface area contributed by atoms with Crippen molar-refractivity contribution in [2.75, 3.05) is 6.79 Å². The minimum atomic E-state index is -0.247. The minimum Gasteiger partial charge on any atom is -0.454 e. The lowest BCUT2D eigenvalue weighted by atomic mass is 10.2. The largest absolute Gasteiger partial charge is 0.454 e. The summed E-state index contributed by atoms with van der Waals surface area (Å²) in [6.45, 7) is 0.291. The molecule has 0 radical (unpaired) electrons. The molecule has 1 aliphatic heterocycles. The third kappa shape index (κ3) is 2.58. The SMILES string of the molecule is Cn1nc(Br)c2c(=O)n(Cc3nc(-c4ccc5c(c4)OCO5)no3)cnc21. The molecule has 4 aromatic rings. The summed E-state index contributed by atoms with van der Waals surface area (Å²) in [7, 11) is 1.72. The van der Waals surface area contributed by atoms with Crippen LogP contribution in [0.1, 0.15) is 5.89 Å². The summed E-state index contributed by atoms with van der Waals surface area (Å²) in [6.07, 6.45) is 1.43. The van der Waals surface area contributed by atoms with E-state index in [0.717, 1.165) is 5.56 Å². The summed E-state index contributed by atoms with van der Waals surface area (Å²) in [6, 6.07) is 5.38. The summed E-state index contributed by atoms with van der Waals surface area (Å²) in [5, 5.41) is 8.53. The van der Waals surface area contributed by atoms with Gasteiger partial charge in [-0.3, -0.25) is 9.36 Å². The average molecular weight is 431 g/mol. The summed E-state index contributed by atoms with van der Waals surface area (Å²) in [5.74, 6) is 1.99. The molecular weight excluding hydrogens is 420 g/mol. The third-order valence-electron chi connectivity index (χ3n) is 4.17. The second-order valence-corrected chi connectivity index (χ2v) is 6.62. The van der Waals surface area contributed by atoms with Crippen molar-refractivity contribution in [2.24, 2.45) is 7.05 Å². The van der Waals surface area contributed by atoms with Crippen molar-refractivity contribution in [1.29, 1.82) is 0 Å². The standard InChI is InChI=1S/C16H11BrN6O4/c1-22-15-12(13(17)20-22)16(24)23(6-18-15)5-11-19-14(21-27-11)8-2-3-9-10(4-8)26-7-25-9/h2-4,6H,5,7H2,1H3. The number of fused-ring (bicyclic) bond motifs is 2. The monoisotopic (exact) mass is 430 g/mol. The lowest BCUT2D eigenvalue weighted by Crippen LogP contribution is -2.21. The number of rotatable bonds is 3. The molecule has 0 atom stereocenters. The molecule has 1 aliphatic rings. The van der Waals surface area contributed by atoms with Crippen LogP contribution in [0.3, 0.4) is 0 Å². The van der Waals surface area contributed by atoms with E-state index in [0.29, 0.717) is 33.0 Å². The number of hydrogen-bond acceptors (Lipinski definition) is 8. The summed E-state index contributed by atoms with van der Waals surface area (Å²) >= 11 is 3.29. The maximum atomic E-state index is 12.7. The highest BCUT2D eigenvalue weighted by atomic mass is 79.9. The Labute approximate surface area is 159 Å². The molecular formula is C16H11BrN6O4. The van der Waals surface area contributed by atoms with Crippen LogP contribution in [-0.4, -0.2) is 36.3 Å². The zero-order chi connectivity index (χ0) is 18.5. The number of benzene rings is 1. The second-order valence-electron chi connectivity index (χ2n) is 5.87.